The number of carbonyl (C=O) groups is 1. The van der Waals surface area contributed by atoms with E-state index in [4.69, 9.17) is 0 Å². The number of aromatic nitrogens is 1. The molecule has 0 saturated heterocycles. The van der Waals surface area contributed by atoms with Gasteiger partial charge in [0.05, 0.1) is 5.69 Å². The number of allylic oxidation sites excluding steroid dienone is 3. The Morgan fingerprint density at radius 1 is 1.30 bits per heavy atom. The van der Waals surface area contributed by atoms with Gasteiger partial charge in [-0.25, -0.2) is 0 Å². The third-order valence-electron chi connectivity index (χ3n) is 5.51. The molecule has 4 atom stereocenters. The highest BCUT2D eigenvalue weighted by molar-refractivity contribution is 5.79. The second-order valence-electron chi connectivity index (χ2n) is 7.03. The minimum atomic E-state index is 0.271. The van der Waals surface area contributed by atoms with Crippen LogP contribution in [0, 0.1) is 23.7 Å². The van der Waals surface area contributed by atoms with Gasteiger partial charge in [-0.3, -0.25) is 9.78 Å². The van der Waals surface area contributed by atoms with E-state index >= 15 is 0 Å². The van der Waals surface area contributed by atoms with E-state index in [1.165, 1.54) is 19.3 Å². The minimum Gasteiger partial charge on any atom is -0.300 e. The maximum atomic E-state index is 12.2. The van der Waals surface area contributed by atoms with Gasteiger partial charge in [0.15, 0.2) is 0 Å². The van der Waals surface area contributed by atoms with Crippen molar-refractivity contribution in [3.8, 4) is 0 Å². The third kappa shape index (κ3) is 3.99. The second kappa shape index (κ2) is 7.72. The number of rotatable bonds is 6. The molecule has 0 bridgehead atoms. The Kier molecular flexibility index (Phi) is 5.43. The Morgan fingerprint density at radius 2 is 2.22 bits per heavy atom. The van der Waals surface area contributed by atoms with Crippen molar-refractivity contribution in [1.29, 1.82) is 0 Å². The molecule has 0 amide bonds. The van der Waals surface area contributed by atoms with Crippen molar-refractivity contribution in [2.45, 2.75) is 45.4 Å². The highest BCUT2D eigenvalue weighted by Gasteiger charge is 2.40. The summed E-state index contributed by atoms with van der Waals surface area (Å²) in [6.07, 6.45) is 18.0. The molecule has 2 aliphatic rings. The zero-order valence-electron chi connectivity index (χ0n) is 14.0. The van der Waals surface area contributed by atoms with Gasteiger partial charge in [-0.2, -0.15) is 0 Å². The lowest BCUT2D eigenvalue weighted by molar-refractivity contribution is -0.124. The zero-order chi connectivity index (χ0) is 16.1. The van der Waals surface area contributed by atoms with Gasteiger partial charge in [-0.1, -0.05) is 30.7 Å². The van der Waals surface area contributed by atoms with Gasteiger partial charge in [-0.15, -0.1) is 0 Å². The fourth-order valence-corrected chi connectivity index (χ4v) is 4.45. The van der Waals surface area contributed by atoms with E-state index in [0.717, 1.165) is 25.0 Å². The average molecular weight is 309 g/mol. The van der Waals surface area contributed by atoms with E-state index in [9.17, 15) is 4.79 Å². The first-order valence-corrected chi connectivity index (χ1v) is 9.02. The van der Waals surface area contributed by atoms with Crippen LogP contribution in [0.25, 0.3) is 6.08 Å². The van der Waals surface area contributed by atoms with Gasteiger partial charge in [0.2, 0.25) is 0 Å². The van der Waals surface area contributed by atoms with Crippen LogP contribution in [-0.2, 0) is 4.79 Å². The molecule has 23 heavy (non-hydrogen) atoms. The summed E-state index contributed by atoms with van der Waals surface area (Å²) in [4.78, 5) is 16.5. The van der Waals surface area contributed by atoms with Gasteiger partial charge in [0, 0.05) is 12.1 Å². The van der Waals surface area contributed by atoms with E-state index in [1.807, 2.05) is 24.4 Å². The summed E-state index contributed by atoms with van der Waals surface area (Å²) in [5.74, 6) is 2.42. The number of unbranched alkanes of at least 4 members (excludes halogenated alkanes) is 1. The number of nitrogens with zero attached hydrogens (tertiary/aromatic N) is 1. The van der Waals surface area contributed by atoms with Crippen LogP contribution in [0.4, 0.5) is 0 Å². The first-order valence-electron chi connectivity index (χ1n) is 9.02. The van der Waals surface area contributed by atoms with Crippen LogP contribution in [0.1, 0.15) is 51.1 Å². The molecule has 0 aromatic carbocycles. The number of pyridine rings is 1. The third-order valence-corrected chi connectivity index (χ3v) is 5.51. The quantitative estimate of drug-likeness (QED) is 0.542. The van der Waals surface area contributed by atoms with E-state index < -0.39 is 0 Å². The Hall–Kier alpha value is -1.70. The van der Waals surface area contributed by atoms with Gasteiger partial charge >= 0.3 is 0 Å². The second-order valence-corrected chi connectivity index (χ2v) is 7.03. The lowest BCUT2D eigenvalue weighted by Gasteiger charge is -2.35. The van der Waals surface area contributed by atoms with Crippen molar-refractivity contribution in [2.75, 3.05) is 0 Å². The minimum absolute atomic E-state index is 0.271. The maximum Gasteiger partial charge on any atom is 0.133 e. The van der Waals surface area contributed by atoms with Crippen LogP contribution >= 0.6 is 0 Å². The summed E-state index contributed by atoms with van der Waals surface area (Å²) < 4.78 is 0. The summed E-state index contributed by atoms with van der Waals surface area (Å²) in [6.45, 7) is 1.80. The van der Waals surface area contributed by atoms with Crippen molar-refractivity contribution >= 4 is 11.9 Å². The van der Waals surface area contributed by atoms with Crippen LogP contribution in [0.2, 0.25) is 0 Å². The van der Waals surface area contributed by atoms with Gasteiger partial charge in [-0.05, 0) is 75.0 Å². The Morgan fingerprint density at radius 3 is 3.00 bits per heavy atom. The van der Waals surface area contributed by atoms with Crippen molar-refractivity contribution in [2.24, 2.45) is 23.7 Å². The van der Waals surface area contributed by atoms with Gasteiger partial charge in [0.1, 0.15) is 5.78 Å². The Labute approximate surface area is 139 Å². The molecular formula is C21H27NO. The normalized spacial score (nSPS) is 29.8. The van der Waals surface area contributed by atoms with Crippen molar-refractivity contribution in [1.82, 2.24) is 4.98 Å². The molecule has 0 spiro atoms. The number of hydrogen-bond acceptors (Lipinski definition) is 2. The van der Waals surface area contributed by atoms with E-state index in [2.05, 4.69) is 29.3 Å². The number of fused-ring (bicyclic) bond motifs is 1. The Balaban J connectivity index is 1.52. The number of ketones is 1. The molecule has 0 N–H and O–H groups in total. The molecular weight excluding hydrogens is 282 g/mol. The molecule has 1 aromatic rings. The highest BCUT2D eigenvalue weighted by Crippen LogP contribution is 2.46. The Bertz CT molecular complexity index is 575. The monoisotopic (exact) mass is 309 g/mol. The van der Waals surface area contributed by atoms with Crippen molar-refractivity contribution in [3.05, 3.63) is 48.3 Å². The van der Waals surface area contributed by atoms with Crippen molar-refractivity contribution < 1.29 is 4.79 Å². The zero-order valence-corrected chi connectivity index (χ0v) is 14.0. The topological polar surface area (TPSA) is 30.0 Å². The summed E-state index contributed by atoms with van der Waals surface area (Å²) in [6, 6.07) is 5.96. The number of hydrogen-bond donors (Lipinski definition) is 0. The summed E-state index contributed by atoms with van der Waals surface area (Å²) in [7, 11) is 0. The molecule has 0 aliphatic heterocycles. The van der Waals surface area contributed by atoms with E-state index in [-0.39, 0.29) is 5.92 Å². The molecule has 3 rings (SSSR count). The first kappa shape index (κ1) is 16.2. The predicted octanol–water partition coefficient (Wildman–Crippen LogP) is 5.07. The number of Topliss-reactive ketones (excluding diaryl/α,β-unsaturated/α-hetero) is 1. The fourth-order valence-electron chi connectivity index (χ4n) is 4.45. The molecule has 2 aliphatic carbocycles. The van der Waals surface area contributed by atoms with Crippen LogP contribution in [0.3, 0.4) is 0 Å². The summed E-state index contributed by atoms with van der Waals surface area (Å²) >= 11 is 0. The molecule has 2 heteroatoms. The van der Waals surface area contributed by atoms with Crippen LogP contribution in [0.5, 0.6) is 0 Å². The van der Waals surface area contributed by atoms with E-state index in [0.29, 0.717) is 23.5 Å². The smallest absolute Gasteiger partial charge is 0.133 e. The lowest BCUT2D eigenvalue weighted by Crippen LogP contribution is -2.33. The van der Waals surface area contributed by atoms with Gasteiger partial charge < -0.3 is 0 Å². The molecule has 1 heterocycles. The van der Waals surface area contributed by atoms with Crippen LogP contribution in [0.15, 0.2) is 42.6 Å². The molecule has 1 fully saturated rings. The molecule has 4 unspecified atom stereocenters. The first-order chi connectivity index (χ1) is 11.3. The maximum absolute atomic E-state index is 12.2. The predicted molar refractivity (Wildman–Crippen MR) is 94.8 cm³/mol. The fraction of sp³-hybridized carbons (Fsp3) is 0.524. The summed E-state index contributed by atoms with van der Waals surface area (Å²) in [5.41, 5.74) is 1.01. The molecule has 1 aromatic heterocycles. The molecule has 122 valence electrons. The summed E-state index contributed by atoms with van der Waals surface area (Å²) in [5, 5.41) is 0. The van der Waals surface area contributed by atoms with E-state index in [1.54, 1.807) is 6.92 Å². The van der Waals surface area contributed by atoms with Crippen LogP contribution in [-0.4, -0.2) is 10.8 Å². The largest absolute Gasteiger partial charge is 0.300 e. The number of carbonyl (C=O) groups excluding carboxylic acids is 1. The molecule has 0 radical (unpaired) electrons. The van der Waals surface area contributed by atoms with Gasteiger partial charge in [0.25, 0.3) is 0 Å². The van der Waals surface area contributed by atoms with Crippen molar-refractivity contribution in [3.63, 3.8) is 0 Å². The lowest BCUT2D eigenvalue weighted by atomic mass is 9.69. The molecule has 2 nitrogen and oxygen atoms in total. The molecule has 1 saturated carbocycles. The van der Waals surface area contributed by atoms with Crippen LogP contribution < -0.4 is 0 Å². The standard InChI is InChI=1S/C21H27NO/c1-16(23)21-18(14-13-17-9-7-12-20(17)21)8-3-2-4-10-19-11-5-6-15-22-19/h4-6,10-11,13-15,17-18,20-21H,2-3,7-9,12H2,1H3. The average Bonchev–Trinajstić information content (AvgIpc) is 3.03. The SMILES string of the molecule is CC(=O)C1C(CCCC=Cc2ccccn2)C=CC2CCCC21. The highest BCUT2D eigenvalue weighted by atomic mass is 16.1.